The Morgan fingerprint density at radius 1 is 1.28 bits per heavy atom. The number of carbonyl (C=O) groups is 1. The third-order valence-electron chi connectivity index (χ3n) is 5.52. The molecule has 2 atom stereocenters. The Morgan fingerprint density at radius 3 is 3.04 bits per heavy atom. The minimum Gasteiger partial charge on any atom is -0.348 e. The predicted molar refractivity (Wildman–Crippen MR) is 94.6 cm³/mol. The van der Waals surface area contributed by atoms with Gasteiger partial charge in [0.25, 0.3) is 0 Å². The van der Waals surface area contributed by atoms with Crippen LogP contribution in [0.1, 0.15) is 30.7 Å². The summed E-state index contributed by atoms with van der Waals surface area (Å²) in [6.45, 7) is 3.80. The van der Waals surface area contributed by atoms with Crippen LogP contribution in [0.4, 0.5) is 0 Å². The molecular weight excluding hydrogens is 314 g/mol. The average molecular weight is 339 g/mol. The largest absolute Gasteiger partial charge is 0.348 e. The number of hydrogen-bond acceptors (Lipinski definition) is 4. The van der Waals surface area contributed by atoms with E-state index >= 15 is 0 Å². The Balaban J connectivity index is 1.37. The molecule has 4 heterocycles. The number of piperidine rings is 2. The zero-order chi connectivity index (χ0) is 17.1. The van der Waals surface area contributed by atoms with Crippen molar-refractivity contribution in [3.05, 3.63) is 48.3 Å². The first-order valence-electron chi connectivity index (χ1n) is 9.18. The number of carbonyl (C=O) groups excluding carboxylic acids is 1. The first kappa shape index (κ1) is 16.3. The second-order valence-electron chi connectivity index (χ2n) is 7.12. The number of rotatable bonds is 5. The van der Waals surface area contributed by atoms with Gasteiger partial charge in [0.2, 0.25) is 5.91 Å². The molecule has 6 nitrogen and oxygen atoms in total. The van der Waals surface area contributed by atoms with Crippen LogP contribution in [0.3, 0.4) is 0 Å². The van der Waals surface area contributed by atoms with E-state index in [2.05, 4.69) is 30.8 Å². The summed E-state index contributed by atoms with van der Waals surface area (Å²) in [5.41, 5.74) is 2.23. The normalized spacial score (nSPS) is 24.3. The van der Waals surface area contributed by atoms with Crippen LogP contribution in [0, 0.1) is 5.92 Å². The fraction of sp³-hybridized carbons (Fsp3) is 0.526. The molecule has 0 spiro atoms. The molecular formula is C19H25N5O. The van der Waals surface area contributed by atoms with E-state index in [4.69, 9.17) is 0 Å². The van der Waals surface area contributed by atoms with Gasteiger partial charge in [0.15, 0.2) is 0 Å². The molecule has 0 unspecified atom stereocenters. The van der Waals surface area contributed by atoms with E-state index in [-0.39, 0.29) is 0 Å². The quantitative estimate of drug-likeness (QED) is 0.903. The lowest BCUT2D eigenvalue weighted by Crippen LogP contribution is -2.56. The van der Waals surface area contributed by atoms with Gasteiger partial charge >= 0.3 is 0 Å². The Bertz CT molecular complexity index is 687. The molecule has 0 saturated carbocycles. The average Bonchev–Trinajstić information content (AvgIpc) is 3.15. The molecule has 1 N–H and O–H groups in total. The maximum atomic E-state index is 12.5. The van der Waals surface area contributed by atoms with Crippen LogP contribution >= 0.6 is 0 Å². The fourth-order valence-electron chi connectivity index (χ4n) is 4.24. The van der Waals surface area contributed by atoms with E-state index in [1.807, 2.05) is 24.5 Å². The fourth-order valence-corrected chi connectivity index (χ4v) is 4.24. The van der Waals surface area contributed by atoms with Crippen LogP contribution in [-0.2, 0) is 17.8 Å². The summed E-state index contributed by atoms with van der Waals surface area (Å²) in [6, 6.07) is 6.49. The maximum absolute atomic E-state index is 12.5. The Labute approximate surface area is 148 Å². The second-order valence-corrected chi connectivity index (χ2v) is 7.12. The Kier molecular flexibility index (Phi) is 4.78. The minimum atomic E-state index is 0.318. The first-order chi connectivity index (χ1) is 12.3. The van der Waals surface area contributed by atoms with Gasteiger partial charge in [0.05, 0.1) is 12.0 Å². The number of H-pyrrole nitrogens is 1. The third kappa shape index (κ3) is 3.74. The number of amides is 1. The molecule has 2 aromatic rings. The smallest absolute Gasteiger partial charge is 0.222 e. The van der Waals surface area contributed by atoms with Crippen LogP contribution in [0.5, 0.6) is 0 Å². The molecule has 4 rings (SSSR count). The molecule has 2 saturated heterocycles. The summed E-state index contributed by atoms with van der Waals surface area (Å²) < 4.78 is 0. The molecule has 2 fully saturated rings. The van der Waals surface area contributed by atoms with Crippen LogP contribution in [0.2, 0.25) is 0 Å². The molecule has 0 aromatic carbocycles. The monoisotopic (exact) mass is 339 g/mol. The molecule has 0 bridgehead atoms. The van der Waals surface area contributed by atoms with E-state index in [0.29, 0.717) is 24.3 Å². The van der Waals surface area contributed by atoms with E-state index < -0.39 is 0 Å². The van der Waals surface area contributed by atoms with Gasteiger partial charge in [-0.05, 0) is 30.9 Å². The number of aromatic amines is 1. The van der Waals surface area contributed by atoms with E-state index in [9.17, 15) is 4.79 Å². The molecule has 2 aliphatic rings. The van der Waals surface area contributed by atoms with Gasteiger partial charge in [-0.3, -0.25) is 14.7 Å². The highest BCUT2D eigenvalue weighted by atomic mass is 16.2. The number of hydrogen-bond donors (Lipinski definition) is 1. The van der Waals surface area contributed by atoms with Crippen LogP contribution < -0.4 is 0 Å². The second kappa shape index (κ2) is 7.35. The molecule has 2 aliphatic heterocycles. The summed E-state index contributed by atoms with van der Waals surface area (Å²) in [5.74, 6) is 0.899. The summed E-state index contributed by atoms with van der Waals surface area (Å²) in [6.07, 6.45) is 9.02. The number of imidazole rings is 1. The lowest BCUT2D eigenvalue weighted by atomic mass is 9.83. The maximum Gasteiger partial charge on any atom is 0.222 e. The zero-order valence-electron chi connectivity index (χ0n) is 14.5. The topological polar surface area (TPSA) is 65.1 Å². The highest BCUT2D eigenvalue weighted by molar-refractivity contribution is 5.77. The van der Waals surface area contributed by atoms with Crippen molar-refractivity contribution in [1.82, 2.24) is 24.8 Å². The van der Waals surface area contributed by atoms with Crippen LogP contribution in [0.25, 0.3) is 0 Å². The zero-order valence-corrected chi connectivity index (χ0v) is 14.5. The molecule has 1 amide bonds. The van der Waals surface area contributed by atoms with E-state index in [1.165, 1.54) is 0 Å². The van der Waals surface area contributed by atoms with Crippen molar-refractivity contribution in [1.29, 1.82) is 0 Å². The van der Waals surface area contributed by atoms with E-state index in [1.54, 1.807) is 6.33 Å². The van der Waals surface area contributed by atoms with Crippen LogP contribution in [0.15, 0.2) is 36.9 Å². The number of pyridine rings is 1. The van der Waals surface area contributed by atoms with Crippen LogP contribution in [-0.4, -0.2) is 56.3 Å². The SMILES string of the molecule is O=C1CC[C@H]2CN(Cc3ccccn3)CC[C@H]2N1CCc1cnc[nH]1. The Hall–Kier alpha value is -2.21. The molecule has 0 radical (unpaired) electrons. The third-order valence-corrected chi connectivity index (χ3v) is 5.52. The number of nitrogens with zero attached hydrogens (tertiary/aromatic N) is 4. The summed E-state index contributed by atoms with van der Waals surface area (Å²) in [5, 5.41) is 0. The van der Waals surface area contributed by atoms with Gasteiger partial charge in [-0.25, -0.2) is 4.98 Å². The van der Waals surface area contributed by atoms with Gasteiger partial charge in [0, 0.05) is 63.2 Å². The standard InChI is InChI=1S/C19H25N5O/c25-19-5-4-15-12-23(13-17-3-1-2-8-21-17)9-7-18(15)24(19)10-6-16-11-20-14-22-16/h1-3,8,11,14-15,18H,4-7,9-10,12-13H2,(H,20,22)/t15-,18+/m0/s1. The lowest BCUT2D eigenvalue weighted by molar-refractivity contribution is -0.141. The molecule has 0 aliphatic carbocycles. The number of likely N-dealkylation sites (tertiary alicyclic amines) is 2. The van der Waals surface area contributed by atoms with Gasteiger partial charge in [-0.2, -0.15) is 0 Å². The van der Waals surface area contributed by atoms with Crippen molar-refractivity contribution >= 4 is 5.91 Å². The van der Waals surface area contributed by atoms with Gasteiger partial charge in [0.1, 0.15) is 0 Å². The van der Waals surface area contributed by atoms with Gasteiger partial charge in [-0.1, -0.05) is 6.07 Å². The van der Waals surface area contributed by atoms with Gasteiger partial charge in [-0.15, -0.1) is 0 Å². The van der Waals surface area contributed by atoms with Gasteiger partial charge < -0.3 is 9.88 Å². The highest BCUT2D eigenvalue weighted by Gasteiger charge is 2.38. The lowest BCUT2D eigenvalue weighted by Gasteiger charge is -2.47. The molecule has 6 heteroatoms. The highest BCUT2D eigenvalue weighted by Crippen LogP contribution is 2.31. The summed E-state index contributed by atoms with van der Waals surface area (Å²) in [4.78, 5) is 28.7. The molecule has 25 heavy (non-hydrogen) atoms. The number of aromatic nitrogens is 3. The van der Waals surface area contributed by atoms with Crippen molar-refractivity contribution in [3.63, 3.8) is 0 Å². The Morgan fingerprint density at radius 2 is 2.24 bits per heavy atom. The number of fused-ring (bicyclic) bond motifs is 1. The van der Waals surface area contributed by atoms with Crippen molar-refractivity contribution in [2.24, 2.45) is 5.92 Å². The summed E-state index contributed by atoms with van der Waals surface area (Å²) in [7, 11) is 0. The van der Waals surface area contributed by atoms with Crippen molar-refractivity contribution < 1.29 is 4.79 Å². The summed E-state index contributed by atoms with van der Waals surface area (Å²) >= 11 is 0. The van der Waals surface area contributed by atoms with E-state index in [0.717, 1.165) is 56.8 Å². The minimum absolute atomic E-state index is 0.318. The first-order valence-corrected chi connectivity index (χ1v) is 9.18. The molecule has 132 valence electrons. The predicted octanol–water partition coefficient (Wildman–Crippen LogP) is 1.86. The van der Waals surface area contributed by atoms with Crippen molar-refractivity contribution in [3.8, 4) is 0 Å². The van der Waals surface area contributed by atoms with Crippen molar-refractivity contribution in [2.75, 3.05) is 19.6 Å². The number of nitrogens with one attached hydrogen (secondary N) is 1. The van der Waals surface area contributed by atoms with Crippen molar-refractivity contribution in [2.45, 2.75) is 38.3 Å². The molecule has 2 aromatic heterocycles.